The normalized spacial score (nSPS) is 10.8. The molecule has 1 aromatic carbocycles. The van der Waals surface area contributed by atoms with Crippen LogP contribution in [0.15, 0.2) is 24.3 Å². The van der Waals surface area contributed by atoms with Crippen LogP contribution in [-0.4, -0.2) is 5.78 Å². The van der Waals surface area contributed by atoms with Crippen molar-refractivity contribution in [1.29, 1.82) is 0 Å². The second kappa shape index (κ2) is 7.26. The van der Waals surface area contributed by atoms with Crippen molar-refractivity contribution in [3.8, 4) is 0 Å². The summed E-state index contributed by atoms with van der Waals surface area (Å²) in [6.07, 6.45) is 5.37. The number of carbonyl (C=O) groups excluding carboxylic acids is 1. The van der Waals surface area contributed by atoms with E-state index in [4.69, 9.17) is 0 Å². The highest BCUT2D eigenvalue weighted by Gasteiger charge is 2.07. The van der Waals surface area contributed by atoms with Crippen LogP contribution in [0.4, 0.5) is 0 Å². The molecule has 0 heterocycles. The molecule has 1 heteroatoms. The van der Waals surface area contributed by atoms with Crippen molar-refractivity contribution in [2.75, 3.05) is 0 Å². The molecule has 0 aromatic heterocycles. The first kappa shape index (κ1) is 14.0. The first-order valence-corrected chi connectivity index (χ1v) is 6.77. The Labute approximate surface area is 105 Å². The van der Waals surface area contributed by atoms with Crippen LogP contribution >= 0.6 is 0 Å². The second-order valence-electron chi connectivity index (χ2n) is 4.86. The maximum atomic E-state index is 11.9. The van der Waals surface area contributed by atoms with Crippen molar-refractivity contribution in [3.63, 3.8) is 0 Å². The van der Waals surface area contributed by atoms with Gasteiger partial charge in [-0.15, -0.1) is 0 Å². The quantitative estimate of drug-likeness (QED) is 0.618. The number of aryl methyl sites for hydroxylation is 1. The van der Waals surface area contributed by atoms with Crippen molar-refractivity contribution in [2.24, 2.45) is 5.92 Å². The van der Waals surface area contributed by atoms with E-state index in [0.717, 1.165) is 17.9 Å². The maximum absolute atomic E-state index is 11.9. The van der Waals surface area contributed by atoms with Gasteiger partial charge < -0.3 is 0 Å². The lowest BCUT2D eigenvalue weighted by atomic mass is 9.95. The van der Waals surface area contributed by atoms with Gasteiger partial charge >= 0.3 is 0 Å². The van der Waals surface area contributed by atoms with Crippen LogP contribution in [0.2, 0.25) is 0 Å². The molecular weight excluding hydrogens is 208 g/mol. The molecule has 0 aliphatic heterocycles. The summed E-state index contributed by atoms with van der Waals surface area (Å²) in [4.78, 5) is 11.9. The van der Waals surface area contributed by atoms with Crippen LogP contribution in [-0.2, 0) is 0 Å². The summed E-state index contributed by atoms with van der Waals surface area (Å²) >= 11 is 0. The molecule has 0 aliphatic carbocycles. The fourth-order valence-electron chi connectivity index (χ4n) is 2.13. The zero-order chi connectivity index (χ0) is 12.7. The number of hydrogen-bond donors (Lipinski definition) is 0. The van der Waals surface area contributed by atoms with Crippen LogP contribution < -0.4 is 0 Å². The van der Waals surface area contributed by atoms with Crippen LogP contribution in [0.1, 0.15) is 61.9 Å². The Morgan fingerprint density at radius 2 is 1.71 bits per heavy atom. The summed E-state index contributed by atoms with van der Waals surface area (Å²) in [5.74, 6) is 1.08. The number of ketones is 1. The third-order valence-electron chi connectivity index (χ3n) is 3.54. The fraction of sp³-hybridized carbons (Fsp3) is 0.562. The van der Waals surface area contributed by atoms with Crippen molar-refractivity contribution >= 4 is 5.78 Å². The first-order valence-electron chi connectivity index (χ1n) is 6.77. The van der Waals surface area contributed by atoms with E-state index in [1.165, 1.54) is 24.8 Å². The van der Waals surface area contributed by atoms with Gasteiger partial charge in [-0.3, -0.25) is 4.79 Å². The van der Waals surface area contributed by atoms with Crippen LogP contribution in [0, 0.1) is 12.8 Å². The minimum Gasteiger partial charge on any atom is -0.294 e. The molecule has 0 unspecified atom stereocenters. The molecule has 0 bridgehead atoms. The Bertz CT molecular complexity index is 333. The molecule has 0 N–H and O–H groups in total. The second-order valence-corrected chi connectivity index (χ2v) is 4.86. The average molecular weight is 232 g/mol. The fourth-order valence-corrected chi connectivity index (χ4v) is 2.13. The van der Waals surface area contributed by atoms with E-state index < -0.39 is 0 Å². The van der Waals surface area contributed by atoms with E-state index in [9.17, 15) is 4.79 Å². The Morgan fingerprint density at radius 3 is 2.24 bits per heavy atom. The van der Waals surface area contributed by atoms with Gasteiger partial charge in [0.15, 0.2) is 5.78 Å². The van der Waals surface area contributed by atoms with Crippen molar-refractivity contribution in [3.05, 3.63) is 35.4 Å². The highest BCUT2D eigenvalue weighted by molar-refractivity contribution is 5.96. The number of rotatable bonds is 7. The summed E-state index contributed by atoms with van der Waals surface area (Å²) in [6.45, 7) is 6.51. The number of hydrogen-bond acceptors (Lipinski definition) is 1. The zero-order valence-electron chi connectivity index (χ0n) is 11.3. The summed E-state index contributed by atoms with van der Waals surface area (Å²) in [5.41, 5.74) is 2.07. The maximum Gasteiger partial charge on any atom is 0.162 e. The van der Waals surface area contributed by atoms with Gasteiger partial charge in [0, 0.05) is 12.0 Å². The van der Waals surface area contributed by atoms with Crippen LogP contribution in [0.25, 0.3) is 0 Å². The van der Waals surface area contributed by atoms with Gasteiger partial charge in [0.25, 0.3) is 0 Å². The highest BCUT2D eigenvalue weighted by Crippen LogP contribution is 2.17. The minimum atomic E-state index is 0.288. The molecule has 1 aromatic rings. The monoisotopic (exact) mass is 232 g/mol. The molecule has 0 saturated heterocycles. The topological polar surface area (TPSA) is 17.1 Å². The van der Waals surface area contributed by atoms with Gasteiger partial charge in [-0.1, -0.05) is 62.9 Å². The minimum absolute atomic E-state index is 0.288. The number of benzene rings is 1. The Morgan fingerprint density at radius 1 is 1.12 bits per heavy atom. The van der Waals surface area contributed by atoms with Gasteiger partial charge in [0.1, 0.15) is 0 Å². The summed E-state index contributed by atoms with van der Waals surface area (Å²) in [5, 5.41) is 0. The third-order valence-corrected chi connectivity index (χ3v) is 3.54. The van der Waals surface area contributed by atoms with E-state index in [-0.39, 0.29) is 5.78 Å². The standard InChI is InChI=1S/C16H24O/c1-4-14(5-2)7-6-8-16(17)15-11-9-13(3)10-12-15/h9-12,14H,4-8H2,1-3H3. The van der Waals surface area contributed by atoms with Gasteiger partial charge in [0.2, 0.25) is 0 Å². The van der Waals surface area contributed by atoms with E-state index in [0.29, 0.717) is 6.42 Å². The largest absolute Gasteiger partial charge is 0.294 e. The van der Waals surface area contributed by atoms with E-state index in [1.54, 1.807) is 0 Å². The SMILES string of the molecule is CCC(CC)CCCC(=O)c1ccc(C)cc1. The Balaban J connectivity index is 2.37. The summed E-state index contributed by atoms with van der Waals surface area (Å²) in [7, 11) is 0. The summed E-state index contributed by atoms with van der Waals surface area (Å²) in [6, 6.07) is 7.89. The molecule has 0 aliphatic rings. The lowest BCUT2D eigenvalue weighted by Crippen LogP contribution is -2.02. The van der Waals surface area contributed by atoms with Crippen LogP contribution in [0.5, 0.6) is 0 Å². The van der Waals surface area contributed by atoms with Crippen LogP contribution in [0.3, 0.4) is 0 Å². The molecule has 1 nitrogen and oxygen atoms in total. The molecule has 94 valence electrons. The zero-order valence-corrected chi connectivity index (χ0v) is 11.3. The molecule has 17 heavy (non-hydrogen) atoms. The van der Waals surface area contributed by atoms with E-state index in [1.807, 2.05) is 31.2 Å². The molecular formula is C16H24O. The van der Waals surface area contributed by atoms with Gasteiger partial charge in [0.05, 0.1) is 0 Å². The highest BCUT2D eigenvalue weighted by atomic mass is 16.1. The predicted octanol–water partition coefficient (Wildman–Crippen LogP) is 4.78. The first-order chi connectivity index (χ1) is 8.17. The number of Topliss-reactive ketones (excluding diaryl/α,β-unsaturated/α-hetero) is 1. The smallest absolute Gasteiger partial charge is 0.162 e. The van der Waals surface area contributed by atoms with Gasteiger partial charge in [-0.25, -0.2) is 0 Å². The molecule has 0 atom stereocenters. The lowest BCUT2D eigenvalue weighted by molar-refractivity contribution is 0.0977. The van der Waals surface area contributed by atoms with Crippen molar-refractivity contribution in [1.82, 2.24) is 0 Å². The molecule has 1 rings (SSSR count). The average Bonchev–Trinajstić information content (AvgIpc) is 2.35. The third kappa shape index (κ3) is 4.72. The van der Waals surface area contributed by atoms with E-state index >= 15 is 0 Å². The molecule has 0 amide bonds. The Kier molecular flexibility index (Phi) is 5.96. The molecule has 0 saturated carbocycles. The summed E-state index contributed by atoms with van der Waals surface area (Å²) < 4.78 is 0. The van der Waals surface area contributed by atoms with Gasteiger partial charge in [-0.05, 0) is 19.3 Å². The lowest BCUT2D eigenvalue weighted by Gasteiger charge is -2.11. The Hall–Kier alpha value is -1.11. The van der Waals surface area contributed by atoms with Crippen molar-refractivity contribution in [2.45, 2.75) is 52.9 Å². The molecule has 0 radical (unpaired) electrons. The van der Waals surface area contributed by atoms with Crippen molar-refractivity contribution < 1.29 is 4.79 Å². The molecule has 0 fully saturated rings. The predicted molar refractivity (Wildman–Crippen MR) is 73.4 cm³/mol. The molecule has 0 spiro atoms. The van der Waals surface area contributed by atoms with Gasteiger partial charge in [-0.2, -0.15) is 0 Å². The number of carbonyl (C=O) groups is 1. The van der Waals surface area contributed by atoms with E-state index in [2.05, 4.69) is 13.8 Å².